The summed E-state index contributed by atoms with van der Waals surface area (Å²) in [7, 11) is 0. The number of amides is 1. The van der Waals surface area contributed by atoms with Crippen molar-refractivity contribution < 1.29 is 9.90 Å². The molecule has 4 heteroatoms. The molecule has 0 aliphatic carbocycles. The number of hydrogen-bond donors (Lipinski definition) is 1. The molecule has 0 radical (unpaired) electrons. The Labute approximate surface area is 110 Å². The molecule has 0 saturated carbocycles. The fraction of sp³-hybridized carbons (Fsp3) is 0.462. The van der Waals surface area contributed by atoms with Crippen molar-refractivity contribution in [3.8, 4) is 5.75 Å². The van der Waals surface area contributed by atoms with Crippen LogP contribution < -0.4 is 0 Å². The predicted molar refractivity (Wildman–Crippen MR) is 70.3 cm³/mol. The van der Waals surface area contributed by atoms with Gasteiger partial charge in [-0.1, -0.05) is 34.1 Å². The lowest BCUT2D eigenvalue weighted by atomic mass is 10.1. The van der Waals surface area contributed by atoms with Gasteiger partial charge in [-0.3, -0.25) is 4.79 Å². The lowest BCUT2D eigenvalue weighted by Crippen LogP contribution is -2.30. The van der Waals surface area contributed by atoms with Gasteiger partial charge in [0.25, 0.3) is 0 Å². The van der Waals surface area contributed by atoms with Gasteiger partial charge in [0.15, 0.2) is 0 Å². The van der Waals surface area contributed by atoms with E-state index in [1.165, 1.54) is 0 Å². The second-order valence-corrected chi connectivity index (χ2v) is 5.10. The zero-order valence-electron chi connectivity index (χ0n) is 9.60. The summed E-state index contributed by atoms with van der Waals surface area (Å²) < 4.78 is 0. The number of carbonyl (C=O) groups excluding carboxylic acids is 1. The van der Waals surface area contributed by atoms with Crippen LogP contribution in [0.25, 0.3) is 0 Å². The number of benzene rings is 1. The molecule has 3 nitrogen and oxygen atoms in total. The van der Waals surface area contributed by atoms with Crippen LogP contribution in [0, 0.1) is 5.92 Å². The maximum Gasteiger partial charge on any atom is 0.227 e. The Hall–Kier alpha value is -1.03. The Morgan fingerprint density at radius 3 is 2.88 bits per heavy atom. The SMILES string of the molecule is O=C(Cc1ccccc1O)N1CCC(CBr)C1. The van der Waals surface area contributed by atoms with Gasteiger partial charge < -0.3 is 10.0 Å². The number of hydrogen-bond acceptors (Lipinski definition) is 2. The molecule has 0 spiro atoms. The number of para-hydroxylation sites is 1. The van der Waals surface area contributed by atoms with Crippen LogP contribution in [-0.2, 0) is 11.2 Å². The van der Waals surface area contributed by atoms with Gasteiger partial charge in [-0.2, -0.15) is 0 Å². The van der Waals surface area contributed by atoms with E-state index in [9.17, 15) is 9.90 Å². The number of nitrogens with zero attached hydrogens (tertiary/aromatic N) is 1. The van der Waals surface area contributed by atoms with Gasteiger partial charge in [-0.15, -0.1) is 0 Å². The molecule has 1 fully saturated rings. The maximum atomic E-state index is 12.0. The highest BCUT2D eigenvalue weighted by Crippen LogP contribution is 2.21. The number of phenols is 1. The third-order valence-electron chi connectivity index (χ3n) is 3.19. The fourth-order valence-corrected chi connectivity index (χ4v) is 2.65. The lowest BCUT2D eigenvalue weighted by molar-refractivity contribution is -0.129. The second-order valence-electron chi connectivity index (χ2n) is 4.45. The predicted octanol–water partition coefficient (Wildman–Crippen LogP) is 2.18. The van der Waals surface area contributed by atoms with Gasteiger partial charge in [-0.05, 0) is 18.4 Å². The van der Waals surface area contributed by atoms with E-state index in [1.54, 1.807) is 18.2 Å². The third-order valence-corrected chi connectivity index (χ3v) is 4.11. The molecule has 0 bridgehead atoms. The van der Waals surface area contributed by atoms with E-state index >= 15 is 0 Å². The van der Waals surface area contributed by atoms with Crippen molar-refractivity contribution in [1.82, 2.24) is 4.90 Å². The number of halogens is 1. The van der Waals surface area contributed by atoms with Crippen LogP contribution in [0.2, 0.25) is 0 Å². The molecule has 1 N–H and O–H groups in total. The van der Waals surface area contributed by atoms with Crippen molar-refractivity contribution in [2.75, 3.05) is 18.4 Å². The van der Waals surface area contributed by atoms with Crippen LogP contribution in [0.15, 0.2) is 24.3 Å². The summed E-state index contributed by atoms with van der Waals surface area (Å²) in [5.74, 6) is 0.885. The van der Waals surface area contributed by atoms with Gasteiger partial charge >= 0.3 is 0 Å². The first-order chi connectivity index (χ1) is 8.20. The first-order valence-corrected chi connectivity index (χ1v) is 6.93. The molecule has 0 aromatic heterocycles. The minimum Gasteiger partial charge on any atom is -0.508 e. The van der Waals surface area contributed by atoms with Crippen molar-refractivity contribution in [1.29, 1.82) is 0 Å². The average molecular weight is 298 g/mol. The van der Waals surface area contributed by atoms with E-state index in [4.69, 9.17) is 0 Å². The smallest absolute Gasteiger partial charge is 0.227 e. The Morgan fingerprint density at radius 2 is 2.24 bits per heavy atom. The summed E-state index contributed by atoms with van der Waals surface area (Å²) in [5, 5.41) is 10.6. The standard InChI is InChI=1S/C13H16BrNO2/c14-8-10-5-6-15(9-10)13(17)7-11-3-1-2-4-12(11)16/h1-4,10,16H,5-9H2. The largest absolute Gasteiger partial charge is 0.508 e. The van der Waals surface area contributed by atoms with E-state index in [0.29, 0.717) is 17.9 Å². The molecule has 1 unspecified atom stereocenters. The van der Waals surface area contributed by atoms with Crippen LogP contribution in [0.3, 0.4) is 0 Å². The molecular formula is C13H16BrNO2. The third kappa shape index (κ3) is 3.00. The molecule has 1 aromatic carbocycles. The molecule has 1 saturated heterocycles. The second kappa shape index (κ2) is 5.54. The number of alkyl halides is 1. The minimum absolute atomic E-state index is 0.106. The Kier molecular flexibility index (Phi) is 4.05. The Balaban J connectivity index is 1.96. The molecule has 92 valence electrons. The van der Waals surface area contributed by atoms with Crippen LogP contribution in [0.4, 0.5) is 0 Å². The molecule has 1 amide bonds. The highest BCUT2D eigenvalue weighted by molar-refractivity contribution is 9.09. The van der Waals surface area contributed by atoms with Crippen molar-refractivity contribution in [3.05, 3.63) is 29.8 Å². The molecular weight excluding hydrogens is 282 g/mol. The number of phenolic OH excluding ortho intramolecular Hbond substituents is 1. The first kappa shape index (κ1) is 12.4. The quantitative estimate of drug-likeness (QED) is 0.869. The topological polar surface area (TPSA) is 40.5 Å². The summed E-state index contributed by atoms with van der Waals surface area (Å²) in [6, 6.07) is 7.02. The lowest BCUT2D eigenvalue weighted by Gasteiger charge is -2.16. The normalized spacial score (nSPS) is 19.6. The van der Waals surface area contributed by atoms with Crippen LogP contribution in [-0.4, -0.2) is 34.3 Å². The Bertz CT molecular complexity index is 408. The van der Waals surface area contributed by atoms with Crippen molar-refractivity contribution in [2.24, 2.45) is 5.92 Å². The van der Waals surface area contributed by atoms with E-state index in [2.05, 4.69) is 15.9 Å². The van der Waals surface area contributed by atoms with E-state index in [0.717, 1.165) is 24.8 Å². The summed E-state index contributed by atoms with van der Waals surface area (Å²) in [5.41, 5.74) is 0.708. The fourth-order valence-electron chi connectivity index (χ4n) is 2.12. The van der Waals surface area contributed by atoms with E-state index < -0.39 is 0 Å². The molecule has 1 atom stereocenters. The monoisotopic (exact) mass is 297 g/mol. The van der Waals surface area contributed by atoms with Crippen molar-refractivity contribution in [2.45, 2.75) is 12.8 Å². The van der Waals surface area contributed by atoms with Crippen LogP contribution >= 0.6 is 15.9 Å². The number of aromatic hydroxyl groups is 1. The van der Waals surface area contributed by atoms with Crippen LogP contribution in [0.5, 0.6) is 5.75 Å². The average Bonchev–Trinajstić information content (AvgIpc) is 2.81. The summed E-state index contributed by atoms with van der Waals surface area (Å²) in [6.45, 7) is 1.67. The highest BCUT2D eigenvalue weighted by Gasteiger charge is 2.25. The first-order valence-electron chi connectivity index (χ1n) is 5.81. The molecule has 1 heterocycles. The van der Waals surface area contributed by atoms with Crippen molar-refractivity contribution in [3.63, 3.8) is 0 Å². The zero-order chi connectivity index (χ0) is 12.3. The summed E-state index contributed by atoms with van der Waals surface area (Å²) in [6.07, 6.45) is 1.36. The van der Waals surface area contributed by atoms with Gasteiger partial charge in [0.1, 0.15) is 5.75 Å². The molecule has 1 aliphatic rings. The number of carbonyl (C=O) groups is 1. The summed E-state index contributed by atoms with van der Waals surface area (Å²) >= 11 is 3.45. The van der Waals surface area contributed by atoms with Gasteiger partial charge in [0.05, 0.1) is 6.42 Å². The number of likely N-dealkylation sites (tertiary alicyclic amines) is 1. The molecule has 2 rings (SSSR count). The van der Waals surface area contributed by atoms with Crippen molar-refractivity contribution >= 4 is 21.8 Å². The van der Waals surface area contributed by atoms with Gasteiger partial charge in [-0.25, -0.2) is 0 Å². The summed E-state index contributed by atoms with van der Waals surface area (Å²) in [4.78, 5) is 13.9. The molecule has 1 aromatic rings. The highest BCUT2D eigenvalue weighted by atomic mass is 79.9. The molecule has 17 heavy (non-hydrogen) atoms. The zero-order valence-corrected chi connectivity index (χ0v) is 11.2. The van der Waals surface area contributed by atoms with Gasteiger partial charge in [0, 0.05) is 24.0 Å². The number of rotatable bonds is 3. The van der Waals surface area contributed by atoms with Gasteiger partial charge in [0.2, 0.25) is 5.91 Å². The van der Waals surface area contributed by atoms with E-state index in [-0.39, 0.29) is 11.7 Å². The maximum absolute atomic E-state index is 12.0. The minimum atomic E-state index is 0.106. The van der Waals surface area contributed by atoms with E-state index in [1.807, 2.05) is 11.0 Å². The van der Waals surface area contributed by atoms with Crippen LogP contribution in [0.1, 0.15) is 12.0 Å². The Morgan fingerprint density at radius 1 is 1.47 bits per heavy atom. The molecule has 1 aliphatic heterocycles.